The van der Waals surface area contributed by atoms with Crippen molar-refractivity contribution in [3.63, 3.8) is 0 Å². The highest BCUT2D eigenvalue weighted by Gasteiger charge is 2.16. The van der Waals surface area contributed by atoms with Crippen LogP contribution in [0.15, 0.2) is 9.32 Å². The van der Waals surface area contributed by atoms with Crippen LogP contribution in [0.5, 0.6) is 0 Å². The lowest BCUT2D eigenvalue weighted by Gasteiger charge is -2.01. The molecule has 16 heavy (non-hydrogen) atoms. The van der Waals surface area contributed by atoms with Gasteiger partial charge in [-0.25, -0.2) is 4.98 Å². The summed E-state index contributed by atoms with van der Waals surface area (Å²) in [4.78, 5) is 17.6. The van der Waals surface area contributed by atoms with E-state index in [-0.39, 0.29) is 11.5 Å². The van der Waals surface area contributed by atoms with Crippen molar-refractivity contribution in [2.24, 2.45) is 0 Å². The van der Waals surface area contributed by atoms with Crippen molar-refractivity contribution in [2.45, 2.75) is 20.8 Å². The van der Waals surface area contributed by atoms with Crippen LogP contribution in [0.1, 0.15) is 17.1 Å². The predicted octanol–water partition coefficient (Wildman–Crippen LogP) is 1.49. The van der Waals surface area contributed by atoms with E-state index in [0.717, 1.165) is 0 Å². The van der Waals surface area contributed by atoms with Gasteiger partial charge in [-0.15, -0.1) is 0 Å². The van der Waals surface area contributed by atoms with Gasteiger partial charge in [0, 0.05) is 0 Å². The van der Waals surface area contributed by atoms with E-state index in [4.69, 9.17) is 4.52 Å². The third-order valence-corrected chi connectivity index (χ3v) is 2.30. The molecule has 0 unspecified atom stereocenters. The van der Waals surface area contributed by atoms with Crippen molar-refractivity contribution >= 4 is 0 Å². The molecule has 2 heterocycles. The normalized spacial score (nSPS) is 10.8. The van der Waals surface area contributed by atoms with Crippen LogP contribution in [0.2, 0.25) is 0 Å². The Kier molecular flexibility index (Phi) is 2.34. The van der Waals surface area contributed by atoms with Gasteiger partial charge in [0.2, 0.25) is 5.82 Å². The fourth-order valence-corrected chi connectivity index (χ4v) is 1.51. The van der Waals surface area contributed by atoms with Gasteiger partial charge >= 0.3 is 0 Å². The fraction of sp³-hybridized carbons (Fsp3) is 0.300. The molecule has 2 aromatic heterocycles. The van der Waals surface area contributed by atoms with Gasteiger partial charge in [-0.1, -0.05) is 5.16 Å². The zero-order valence-electron chi connectivity index (χ0n) is 9.09. The number of H-pyrrole nitrogens is 1. The number of hydrogen-bond donors (Lipinski definition) is 1. The van der Waals surface area contributed by atoms with Gasteiger partial charge in [0.05, 0.1) is 17.0 Å². The first kappa shape index (κ1) is 10.5. The van der Waals surface area contributed by atoms with Crippen molar-refractivity contribution in [3.05, 3.63) is 33.3 Å². The number of halogens is 1. The maximum absolute atomic E-state index is 13.1. The van der Waals surface area contributed by atoms with Crippen LogP contribution >= 0.6 is 0 Å². The highest BCUT2D eigenvalue weighted by Crippen LogP contribution is 2.22. The molecule has 0 spiro atoms. The van der Waals surface area contributed by atoms with Gasteiger partial charge < -0.3 is 9.51 Å². The van der Waals surface area contributed by atoms with Crippen LogP contribution < -0.4 is 5.56 Å². The fourth-order valence-electron chi connectivity index (χ4n) is 1.51. The van der Waals surface area contributed by atoms with Crippen molar-refractivity contribution in [1.82, 2.24) is 15.1 Å². The first-order valence-electron chi connectivity index (χ1n) is 4.70. The Labute approximate surface area is 90.3 Å². The highest BCUT2D eigenvalue weighted by molar-refractivity contribution is 5.59. The molecule has 0 aromatic carbocycles. The molecule has 0 aliphatic rings. The van der Waals surface area contributed by atoms with E-state index in [9.17, 15) is 9.18 Å². The summed E-state index contributed by atoms with van der Waals surface area (Å²) in [5, 5.41) is 3.74. The second-order valence-electron chi connectivity index (χ2n) is 3.51. The number of nitrogens with one attached hydrogen (secondary N) is 1. The van der Waals surface area contributed by atoms with E-state index in [1.54, 1.807) is 13.8 Å². The summed E-state index contributed by atoms with van der Waals surface area (Å²) >= 11 is 0. The van der Waals surface area contributed by atoms with Crippen molar-refractivity contribution < 1.29 is 8.91 Å². The summed E-state index contributed by atoms with van der Waals surface area (Å²) in [6.45, 7) is 4.87. The van der Waals surface area contributed by atoms with Crippen LogP contribution in [0.3, 0.4) is 0 Å². The Morgan fingerprint density at radius 2 is 1.94 bits per heavy atom. The summed E-state index contributed by atoms with van der Waals surface area (Å²) in [6.07, 6.45) is 0. The molecule has 5 nitrogen and oxygen atoms in total. The van der Waals surface area contributed by atoms with E-state index >= 15 is 0 Å². The topological polar surface area (TPSA) is 71.8 Å². The second kappa shape index (κ2) is 3.55. The van der Waals surface area contributed by atoms with E-state index in [0.29, 0.717) is 17.0 Å². The molecule has 0 fully saturated rings. The largest absolute Gasteiger partial charge is 0.361 e. The van der Waals surface area contributed by atoms with Crippen LogP contribution in [0.4, 0.5) is 4.39 Å². The molecule has 0 aliphatic carbocycles. The third kappa shape index (κ3) is 1.52. The van der Waals surface area contributed by atoms with Gasteiger partial charge in [0.1, 0.15) is 11.6 Å². The molecular weight excluding hydrogens is 213 g/mol. The molecule has 0 radical (unpaired) electrons. The summed E-state index contributed by atoms with van der Waals surface area (Å²) in [5.41, 5.74) is 0.466. The van der Waals surface area contributed by atoms with E-state index in [1.807, 2.05) is 0 Å². The number of nitrogens with zero attached hydrogens (tertiary/aromatic N) is 2. The zero-order chi connectivity index (χ0) is 11.9. The van der Waals surface area contributed by atoms with E-state index in [2.05, 4.69) is 15.1 Å². The standard InChI is InChI=1S/C10H10FN3O2/c1-4-7(6(3)16-14-4)9-12-5(2)8(11)10(15)13-9/h1-3H3,(H,12,13,15). The highest BCUT2D eigenvalue weighted by atomic mass is 19.1. The molecule has 6 heteroatoms. The van der Waals surface area contributed by atoms with Crippen LogP contribution in [-0.4, -0.2) is 15.1 Å². The summed E-state index contributed by atoms with van der Waals surface area (Å²) in [7, 11) is 0. The lowest BCUT2D eigenvalue weighted by molar-refractivity contribution is 0.393. The third-order valence-electron chi connectivity index (χ3n) is 2.30. The smallest absolute Gasteiger partial charge is 0.287 e. The van der Waals surface area contributed by atoms with Crippen LogP contribution in [0, 0.1) is 26.6 Å². The first-order chi connectivity index (χ1) is 7.50. The molecule has 1 N–H and O–H groups in total. The van der Waals surface area contributed by atoms with Crippen molar-refractivity contribution in [1.29, 1.82) is 0 Å². The van der Waals surface area contributed by atoms with Crippen molar-refractivity contribution in [3.8, 4) is 11.4 Å². The van der Waals surface area contributed by atoms with Gasteiger partial charge in [0.25, 0.3) is 5.56 Å². The van der Waals surface area contributed by atoms with E-state index in [1.165, 1.54) is 6.92 Å². The quantitative estimate of drug-likeness (QED) is 0.794. The molecule has 0 bridgehead atoms. The number of aryl methyl sites for hydroxylation is 3. The number of aromatic amines is 1. The molecule has 2 aromatic rings. The van der Waals surface area contributed by atoms with Gasteiger partial charge in [0.15, 0.2) is 0 Å². The monoisotopic (exact) mass is 223 g/mol. The van der Waals surface area contributed by atoms with Crippen LogP contribution in [0.25, 0.3) is 11.4 Å². The van der Waals surface area contributed by atoms with Crippen molar-refractivity contribution in [2.75, 3.05) is 0 Å². The molecule has 0 saturated heterocycles. The Bertz CT molecular complexity index is 581. The summed E-state index contributed by atoms with van der Waals surface area (Å²) in [6, 6.07) is 0. The zero-order valence-corrected chi connectivity index (χ0v) is 9.09. The lowest BCUT2D eigenvalue weighted by atomic mass is 10.2. The summed E-state index contributed by atoms with van der Waals surface area (Å²) < 4.78 is 18.1. The molecule has 2 rings (SSSR count). The predicted molar refractivity (Wildman–Crippen MR) is 54.5 cm³/mol. The van der Waals surface area contributed by atoms with Gasteiger partial charge in [-0.2, -0.15) is 4.39 Å². The van der Waals surface area contributed by atoms with E-state index < -0.39 is 11.4 Å². The Morgan fingerprint density at radius 1 is 1.25 bits per heavy atom. The molecule has 0 aliphatic heterocycles. The average Bonchev–Trinajstić information content (AvgIpc) is 2.54. The molecule has 0 atom stereocenters. The van der Waals surface area contributed by atoms with Gasteiger partial charge in [-0.05, 0) is 20.8 Å². The maximum atomic E-state index is 13.1. The Hall–Kier alpha value is -1.98. The minimum Gasteiger partial charge on any atom is -0.361 e. The Morgan fingerprint density at radius 3 is 2.44 bits per heavy atom. The number of rotatable bonds is 1. The maximum Gasteiger partial charge on any atom is 0.287 e. The van der Waals surface area contributed by atoms with Gasteiger partial charge in [-0.3, -0.25) is 4.79 Å². The molecule has 84 valence electrons. The lowest BCUT2D eigenvalue weighted by Crippen LogP contribution is -2.15. The minimum absolute atomic E-state index is 0.0544. The number of aromatic nitrogens is 3. The van der Waals surface area contributed by atoms with Crippen LogP contribution in [-0.2, 0) is 0 Å². The SMILES string of the molecule is Cc1noc(C)c1-c1nc(C)c(F)c(=O)[nH]1. The molecular formula is C10H10FN3O2. The second-order valence-corrected chi connectivity index (χ2v) is 3.51. The first-order valence-corrected chi connectivity index (χ1v) is 4.70. The minimum atomic E-state index is -0.865. The average molecular weight is 223 g/mol. The number of hydrogen-bond acceptors (Lipinski definition) is 4. The molecule has 0 saturated carbocycles. The summed E-state index contributed by atoms with van der Waals surface area (Å²) in [5.74, 6) is -0.0534. The Balaban J connectivity index is 2.71. The molecule has 0 amide bonds.